The average Bonchev–Trinajstić information content (AvgIpc) is 3.11. The monoisotopic (exact) mass is 353 g/mol. The van der Waals surface area contributed by atoms with Gasteiger partial charge in [-0.1, -0.05) is 12.1 Å². The van der Waals surface area contributed by atoms with E-state index in [1.54, 1.807) is 6.20 Å². The van der Waals surface area contributed by atoms with Gasteiger partial charge in [0.25, 0.3) is 5.91 Å². The minimum atomic E-state index is -0.175. The van der Waals surface area contributed by atoms with E-state index in [2.05, 4.69) is 15.3 Å². The first kappa shape index (κ1) is 17.1. The second-order valence-electron chi connectivity index (χ2n) is 5.67. The molecule has 0 aliphatic heterocycles. The lowest BCUT2D eigenvalue weighted by Crippen LogP contribution is -2.28. The van der Waals surface area contributed by atoms with E-state index in [0.29, 0.717) is 12.3 Å². The van der Waals surface area contributed by atoms with Crippen molar-refractivity contribution in [1.29, 1.82) is 0 Å². The van der Waals surface area contributed by atoms with Gasteiger partial charge in [0.1, 0.15) is 10.8 Å². The van der Waals surface area contributed by atoms with Gasteiger partial charge in [0.2, 0.25) is 0 Å². The Morgan fingerprint density at radius 1 is 1.20 bits per heavy atom. The Balaban J connectivity index is 1.49. The maximum Gasteiger partial charge on any atom is 0.258 e. The van der Waals surface area contributed by atoms with Crippen molar-refractivity contribution in [3.63, 3.8) is 0 Å². The molecule has 2 heterocycles. The third-order valence-electron chi connectivity index (χ3n) is 3.75. The van der Waals surface area contributed by atoms with Gasteiger partial charge in [0.05, 0.1) is 17.9 Å². The van der Waals surface area contributed by atoms with Crippen LogP contribution in [0.4, 0.5) is 0 Å². The van der Waals surface area contributed by atoms with Gasteiger partial charge >= 0.3 is 0 Å². The first-order valence-electron chi connectivity index (χ1n) is 7.94. The second kappa shape index (κ2) is 7.90. The predicted octanol–water partition coefficient (Wildman–Crippen LogP) is 3.52. The number of carbonyl (C=O) groups excluding carboxylic acids is 1. The minimum Gasteiger partial charge on any atom is -0.484 e. The summed E-state index contributed by atoms with van der Waals surface area (Å²) in [5.41, 5.74) is 3.99. The Morgan fingerprint density at radius 3 is 2.84 bits per heavy atom. The van der Waals surface area contributed by atoms with E-state index in [-0.39, 0.29) is 12.5 Å². The number of carbonyl (C=O) groups is 1. The fourth-order valence-corrected chi connectivity index (χ4v) is 2.98. The molecular formula is C19H19N3O2S. The lowest BCUT2D eigenvalue weighted by atomic mass is 10.1. The predicted molar refractivity (Wildman–Crippen MR) is 98.6 cm³/mol. The number of ether oxygens (including phenoxy) is 1. The molecule has 1 amide bonds. The molecule has 0 fully saturated rings. The number of hydrogen-bond acceptors (Lipinski definition) is 5. The summed E-state index contributed by atoms with van der Waals surface area (Å²) in [5.74, 6) is 0.523. The van der Waals surface area contributed by atoms with Crippen LogP contribution in [0.15, 0.2) is 48.0 Å². The third-order valence-corrected chi connectivity index (χ3v) is 4.66. The molecule has 0 saturated heterocycles. The number of benzene rings is 1. The summed E-state index contributed by atoms with van der Waals surface area (Å²) in [6.07, 6.45) is 1.74. The van der Waals surface area contributed by atoms with Crippen LogP contribution in [0, 0.1) is 13.8 Å². The van der Waals surface area contributed by atoms with E-state index in [9.17, 15) is 4.79 Å². The van der Waals surface area contributed by atoms with E-state index in [4.69, 9.17) is 4.74 Å². The smallest absolute Gasteiger partial charge is 0.258 e. The first-order valence-corrected chi connectivity index (χ1v) is 8.82. The molecule has 2 aromatic heterocycles. The molecule has 0 saturated carbocycles. The summed E-state index contributed by atoms with van der Waals surface area (Å²) < 4.78 is 5.53. The molecule has 128 valence electrons. The third kappa shape index (κ3) is 4.64. The quantitative estimate of drug-likeness (QED) is 0.736. The number of pyridine rings is 1. The van der Waals surface area contributed by atoms with Gasteiger partial charge in [-0.25, -0.2) is 4.98 Å². The Bertz CT molecular complexity index is 862. The number of hydrogen-bond donors (Lipinski definition) is 1. The molecular weight excluding hydrogens is 334 g/mol. The van der Waals surface area contributed by atoms with Crippen LogP contribution in [0.25, 0.3) is 10.7 Å². The number of aryl methyl sites for hydroxylation is 2. The first-order chi connectivity index (χ1) is 12.1. The highest BCUT2D eigenvalue weighted by Crippen LogP contribution is 2.21. The molecule has 25 heavy (non-hydrogen) atoms. The number of rotatable bonds is 6. The summed E-state index contributed by atoms with van der Waals surface area (Å²) >= 11 is 1.51. The van der Waals surface area contributed by atoms with Gasteiger partial charge in [0, 0.05) is 11.6 Å². The van der Waals surface area contributed by atoms with Crippen molar-refractivity contribution < 1.29 is 9.53 Å². The van der Waals surface area contributed by atoms with Crippen molar-refractivity contribution in [2.75, 3.05) is 6.61 Å². The van der Waals surface area contributed by atoms with Crippen LogP contribution in [-0.4, -0.2) is 22.5 Å². The lowest BCUT2D eigenvalue weighted by Gasteiger charge is -2.08. The minimum absolute atomic E-state index is 0.0142. The molecule has 0 unspecified atom stereocenters. The molecule has 0 atom stereocenters. The van der Waals surface area contributed by atoms with E-state index in [0.717, 1.165) is 22.0 Å². The van der Waals surface area contributed by atoms with Crippen LogP contribution < -0.4 is 10.1 Å². The highest BCUT2D eigenvalue weighted by molar-refractivity contribution is 7.13. The molecule has 0 bridgehead atoms. The van der Waals surface area contributed by atoms with Crippen molar-refractivity contribution >= 4 is 17.2 Å². The molecule has 6 heteroatoms. The molecule has 1 aromatic carbocycles. The van der Waals surface area contributed by atoms with Gasteiger partial charge in [-0.3, -0.25) is 9.78 Å². The fourth-order valence-electron chi connectivity index (χ4n) is 2.19. The van der Waals surface area contributed by atoms with Gasteiger partial charge in [-0.15, -0.1) is 11.3 Å². The summed E-state index contributed by atoms with van der Waals surface area (Å²) in [6, 6.07) is 11.5. The molecule has 1 N–H and O–H groups in total. The fraction of sp³-hybridized carbons (Fsp3) is 0.211. The summed E-state index contributed by atoms with van der Waals surface area (Å²) in [4.78, 5) is 20.7. The Kier molecular flexibility index (Phi) is 5.40. The number of amides is 1. The zero-order valence-electron chi connectivity index (χ0n) is 14.2. The Morgan fingerprint density at radius 2 is 2.08 bits per heavy atom. The highest BCUT2D eigenvalue weighted by atomic mass is 32.1. The molecule has 0 aliphatic rings. The van der Waals surface area contributed by atoms with E-state index in [1.165, 1.54) is 16.9 Å². The van der Waals surface area contributed by atoms with Crippen molar-refractivity contribution in [1.82, 2.24) is 15.3 Å². The number of thiazole rings is 1. The Labute approximate surface area is 150 Å². The number of nitrogens with one attached hydrogen (secondary N) is 1. The van der Waals surface area contributed by atoms with Gasteiger partial charge in [-0.05, 0) is 49.2 Å². The van der Waals surface area contributed by atoms with E-state index >= 15 is 0 Å². The van der Waals surface area contributed by atoms with Gasteiger partial charge in [-0.2, -0.15) is 0 Å². The van der Waals surface area contributed by atoms with Crippen LogP contribution in [0.2, 0.25) is 0 Å². The molecule has 3 rings (SSSR count). The Hall–Kier alpha value is -2.73. The number of nitrogens with zero attached hydrogens (tertiary/aromatic N) is 2. The molecule has 5 nitrogen and oxygen atoms in total. The molecule has 3 aromatic rings. The average molecular weight is 353 g/mol. The van der Waals surface area contributed by atoms with Crippen LogP contribution >= 0.6 is 11.3 Å². The molecule has 0 aliphatic carbocycles. The van der Waals surface area contributed by atoms with Crippen molar-refractivity contribution in [3.05, 3.63) is 64.8 Å². The normalized spacial score (nSPS) is 10.5. The van der Waals surface area contributed by atoms with Crippen LogP contribution in [-0.2, 0) is 11.3 Å². The molecule has 0 radical (unpaired) electrons. The standard InChI is InChI=1S/C19H19N3O2S/c1-13-6-7-16(9-14(13)2)24-11-18(23)21-10-15-12-25-19(22-15)17-5-3-4-8-20-17/h3-9,12H,10-11H2,1-2H3,(H,21,23). The zero-order valence-corrected chi connectivity index (χ0v) is 15.0. The summed E-state index contributed by atoms with van der Waals surface area (Å²) in [5, 5.41) is 5.59. The van der Waals surface area contributed by atoms with Crippen molar-refractivity contribution in [2.24, 2.45) is 0 Å². The van der Waals surface area contributed by atoms with Gasteiger partial charge < -0.3 is 10.1 Å². The van der Waals surface area contributed by atoms with Crippen LogP contribution in [0.5, 0.6) is 5.75 Å². The van der Waals surface area contributed by atoms with Gasteiger partial charge in [0.15, 0.2) is 6.61 Å². The summed E-state index contributed by atoms with van der Waals surface area (Å²) in [7, 11) is 0. The van der Waals surface area contributed by atoms with E-state index in [1.807, 2.05) is 55.6 Å². The van der Waals surface area contributed by atoms with Crippen molar-refractivity contribution in [2.45, 2.75) is 20.4 Å². The zero-order chi connectivity index (χ0) is 17.6. The van der Waals surface area contributed by atoms with E-state index < -0.39 is 0 Å². The maximum absolute atomic E-state index is 11.9. The number of aromatic nitrogens is 2. The van der Waals surface area contributed by atoms with Crippen LogP contribution in [0.3, 0.4) is 0 Å². The maximum atomic E-state index is 11.9. The molecule has 0 spiro atoms. The van der Waals surface area contributed by atoms with Crippen LogP contribution in [0.1, 0.15) is 16.8 Å². The highest BCUT2D eigenvalue weighted by Gasteiger charge is 2.08. The SMILES string of the molecule is Cc1ccc(OCC(=O)NCc2csc(-c3ccccn3)n2)cc1C. The largest absolute Gasteiger partial charge is 0.484 e. The summed E-state index contributed by atoms with van der Waals surface area (Å²) in [6.45, 7) is 4.42. The lowest BCUT2D eigenvalue weighted by molar-refractivity contribution is -0.123. The second-order valence-corrected chi connectivity index (χ2v) is 6.53. The topological polar surface area (TPSA) is 64.1 Å². The van der Waals surface area contributed by atoms with Crippen molar-refractivity contribution in [3.8, 4) is 16.5 Å².